The second kappa shape index (κ2) is 14.3. The molecule has 2 aliphatic carbocycles. The lowest BCUT2D eigenvalue weighted by Gasteiger charge is -2.22. The first-order chi connectivity index (χ1) is 27.2. The molecule has 2 aliphatic rings. The van der Waals surface area contributed by atoms with Crippen molar-refractivity contribution in [1.82, 2.24) is 29.9 Å². The van der Waals surface area contributed by atoms with E-state index in [4.69, 9.17) is 29.9 Å². The van der Waals surface area contributed by atoms with Crippen molar-refractivity contribution in [3.63, 3.8) is 0 Å². The van der Waals surface area contributed by atoms with Gasteiger partial charge < -0.3 is 0 Å². The van der Waals surface area contributed by atoms with Crippen LogP contribution in [0.3, 0.4) is 0 Å². The third kappa shape index (κ3) is 6.72. The fraction of sp³-hybridized carbons (Fsp3) is 0.143. The first kappa shape index (κ1) is 32.9. The third-order valence-corrected chi connectivity index (χ3v) is 11.3. The van der Waals surface area contributed by atoms with Crippen molar-refractivity contribution in [2.24, 2.45) is 11.8 Å². The summed E-state index contributed by atoms with van der Waals surface area (Å²) in [5.74, 6) is 6.28. The molecule has 2 fully saturated rings. The van der Waals surface area contributed by atoms with Gasteiger partial charge in [-0.2, -0.15) is 0 Å². The minimum absolute atomic E-state index is 0.627. The van der Waals surface area contributed by atoms with Gasteiger partial charge in [0.25, 0.3) is 0 Å². The molecule has 0 spiro atoms. The van der Waals surface area contributed by atoms with Crippen LogP contribution in [0.1, 0.15) is 37.2 Å². The highest BCUT2D eigenvalue weighted by atomic mass is 15.0. The molecule has 0 aliphatic heterocycles. The lowest BCUT2D eigenvalue weighted by Crippen LogP contribution is -2.08. The summed E-state index contributed by atoms with van der Waals surface area (Å²) in [6.45, 7) is 0. The molecule has 0 radical (unpaired) electrons. The summed E-state index contributed by atoms with van der Waals surface area (Å²) < 4.78 is 0. The van der Waals surface area contributed by atoms with E-state index in [0.717, 1.165) is 56.3 Å². The molecule has 8 aromatic rings. The average Bonchev–Trinajstić information content (AvgIpc) is 3.92. The Morgan fingerprint density at radius 3 is 1.18 bits per heavy atom. The van der Waals surface area contributed by atoms with Gasteiger partial charge in [0.1, 0.15) is 0 Å². The maximum Gasteiger partial charge on any atom is 0.164 e. The Hall–Kier alpha value is -6.66. The van der Waals surface area contributed by atoms with Crippen molar-refractivity contribution in [3.05, 3.63) is 169 Å². The summed E-state index contributed by atoms with van der Waals surface area (Å²) in [4.78, 5) is 29.9. The van der Waals surface area contributed by atoms with Crippen molar-refractivity contribution in [2.45, 2.75) is 31.6 Å². The van der Waals surface area contributed by atoms with Crippen LogP contribution in [-0.2, 0) is 0 Å². The minimum atomic E-state index is 0.627. The Kier molecular flexibility index (Phi) is 8.56. The largest absolute Gasteiger partial charge is 0.208 e. The van der Waals surface area contributed by atoms with Crippen LogP contribution in [0, 0.1) is 11.8 Å². The number of hydrogen-bond acceptors (Lipinski definition) is 6. The van der Waals surface area contributed by atoms with Gasteiger partial charge in [-0.25, -0.2) is 29.9 Å². The van der Waals surface area contributed by atoms with Crippen LogP contribution in [0.25, 0.3) is 79.5 Å². The number of nitrogens with zero attached hydrogens (tertiary/aromatic N) is 6. The Morgan fingerprint density at radius 2 is 0.709 bits per heavy atom. The highest BCUT2D eigenvalue weighted by Gasteiger charge is 2.40. The Balaban J connectivity index is 0.993. The van der Waals surface area contributed by atoms with E-state index >= 15 is 0 Å². The molecule has 2 bridgehead atoms. The van der Waals surface area contributed by atoms with Gasteiger partial charge in [-0.1, -0.05) is 158 Å². The van der Waals surface area contributed by atoms with Crippen LogP contribution in [0.2, 0.25) is 0 Å². The Bertz CT molecular complexity index is 2550. The molecule has 55 heavy (non-hydrogen) atoms. The fourth-order valence-corrected chi connectivity index (χ4v) is 8.50. The van der Waals surface area contributed by atoms with Gasteiger partial charge in [0.05, 0.1) is 0 Å². The molecule has 10 rings (SSSR count). The molecule has 0 N–H and O–H groups in total. The summed E-state index contributed by atoms with van der Waals surface area (Å²) in [6, 6.07) is 56.1. The van der Waals surface area contributed by atoms with Crippen molar-refractivity contribution in [3.8, 4) is 79.5 Å². The van der Waals surface area contributed by atoms with Gasteiger partial charge in [0, 0.05) is 33.4 Å². The number of hydrogen-bond donors (Lipinski definition) is 0. The van der Waals surface area contributed by atoms with E-state index in [-0.39, 0.29) is 0 Å². The smallest absolute Gasteiger partial charge is 0.164 e. The van der Waals surface area contributed by atoms with E-state index in [1.54, 1.807) is 0 Å². The van der Waals surface area contributed by atoms with E-state index in [0.29, 0.717) is 40.9 Å². The summed E-state index contributed by atoms with van der Waals surface area (Å²) in [7, 11) is 0. The van der Waals surface area contributed by atoms with Crippen molar-refractivity contribution in [1.29, 1.82) is 0 Å². The lowest BCUT2D eigenvalue weighted by atomic mass is 9.83. The first-order valence-electron chi connectivity index (χ1n) is 19.2. The van der Waals surface area contributed by atoms with E-state index in [1.807, 2.05) is 78.9 Å². The second-order valence-corrected chi connectivity index (χ2v) is 14.8. The maximum absolute atomic E-state index is 5.09. The molecule has 6 aromatic carbocycles. The number of rotatable bonds is 8. The van der Waals surface area contributed by atoms with Crippen LogP contribution >= 0.6 is 0 Å². The van der Waals surface area contributed by atoms with Gasteiger partial charge in [-0.05, 0) is 65.8 Å². The molecular formula is C49H38N6. The van der Waals surface area contributed by atoms with Crippen LogP contribution in [0.5, 0.6) is 0 Å². The number of aromatic nitrogens is 6. The predicted octanol–water partition coefficient (Wildman–Crippen LogP) is 11.6. The lowest BCUT2D eigenvalue weighted by molar-refractivity contribution is 0.420. The van der Waals surface area contributed by atoms with Crippen LogP contribution < -0.4 is 0 Å². The molecule has 6 heteroatoms. The zero-order valence-corrected chi connectivity index (χ0v) is 30.3. The van der Waals surface area contributed by atoms with Crippen molar-refractivity contribution in [2.75, 3.05) is 0 Å². The molecule has 3 atom stereocenters. The molecule has 264 valence electrons. The summed E-state index contributed by atoms with van der Waals surface area (Å²) in [5.41, 5.74) is 9.30. The molecule has 6 nitrogen and oxygen atoms in total. The fourth-order valence-electron chi connectivity index (χ4n) is 8.50. The molecule has 2 heterocycles. The summed E-state index contributed by atoms with van der Waals surface area (Å²) in [6.07, 6.45) is 5.44. The highest BCUT2D eigenvalue weighted by Crippen LogP contribution is 2.53. The second-order valence-electron chi connectivity index (χ2n) is 14.8. The van der Waals surface area contributed by atoms with Crippen LogP contribution in [0.4, 0.5) is 0 Å². The van der Waals surface area contributed by atoms with Gasteiger partial charge in [0.2, 0.25) is 0 Å². The molecule has 0 amide bonds. The zero-order valence-electron chi connectivity index (χ0n) is 30.3. The Morgan fingerprint density at radius 1 is 0.309 bits per heavy atom. The Labute approximate surface area is 321 Å². The van der Waals surface area contributed by atoms with Crippen molar-refractivity contribution >= 4 is 0 Å². The normalized spacial score (nSPS) is 17.3. The molecule has 2 saturated carbocycles. The quantitative estimate of drug-likeness (QED) is 0.156. The zero-order chi connectivity index (χ0) is 36.6. The van der Waals surface area contributed by atoms with Crippen LogP contribution in [0.15, 0.2) is 164 Å². The molecular weight excluding hydrogens is 673 g/mol. The van der Waals surface area contributed by atoms with Crippen molar-refractivity contribution < 1.29 is 0 Å². The van der Waals surface area contributed by atoms with Gasteiger partial charge in [-0.3, -0.25) is 0 Å². The van der Waals surface area contributed by atoms with E-state index in [2.05, 4.69) is 84.9 Å². The minimum Gasteiger partial charge on any atom is -0.208 e. The summed E-state index contributed by atoms with van der Waals surface area (Å²) in [5, 5.41) is 0. The van der Waals surface area contributed by atoms with E-state index < -0.39 is 0 Å². The molecule has 2 aromatic heterocycles. The van der Waals surface area contributed by atoms with Gasteiger partial charge in [-0.15, -0.1) is 0 Å². The topological polar surface area (TPSA) is 77.3 Å². The average molecular weight is 711 g/mol. The molecule has 0 saturated heterocycles. The van der Waals surface area contributed by atoms with Gasteiger partial charge >= 0.3 is 0 Å². The summed E-state index contributed by atoms with van der Waals surface area (Å²) >= 11 is 0. The van der Waals surface area contributed by atoms with Gasteiger partial charge in [0.15, 0.2) is 34.9 Å². The monoisotopic (exact) mass is 710 g/mol. The highest BCUT2D eigenvalue weighted by molar-refractivity contribution is 5.75. The van der Waals surface area contributed by atoms with E-state index in [9.17, 15) is 0 Å². The standard InChI is InChI=1S/C49H38N6/c1-4-12-34(13-5-1)44-50-45(35-14-6-2-7-15-35)53-48(52-44)41-20-10-18-38(30-41)33-24-26-37(27-25-33)47-51-46(36-16-8-3-9-17-36)54-49(55-47)42-21-11-19-39(31-42)43-29-32-22-23-40(43)28-32/h1-21,24-27,30-32,40,43H,22-23,28-29H2. The first-order valence-corrected chi connectivity index (χ1v) is 19.2. The molecule has 3 unspecified atom stereocenters. The predicted molar refractivity (Wildman–Crippen MR) is 219 cm³/mol. The number of fused-ring (bicyclic) bond motifs is 2. The third-order valence-electron chi connectivity index (χ3n) is 11.3. The van der Waals surface area contributed by atoms with E-state index in [1.165, 1.54) is 31.2 Å². The van der Waals surface area contributed by atoms with Crippen LogP contribution in [-0.4, -0.2) is 29.9 Å². The SMILES string of the molecule is c1ccc(-c2nc(-c3ccccc3)nc(-c3cccc(-c4ccc(-c5nc(-c6ccccc6)nc(-c6cccc(C7CC8CCC7C8)c6)n5)cc4)c3)n2)cc1. The maximum atomic E-state index is 5.09. The number of benzene rings is 6.